The van der Waals surface area contributed by atoms with E-state index in [1.165, 1.54) is 32.6 Å². The Labute approximate surface area is 104 Å². The molecule has 0 unspecified atom stereocenters. The molecule has 0 aliphatic rings. The summed E-state index contributed by atoms with van der Waals surface area (Å²) in [6, 6.07) is 6.26. The van der Waals surface area contributed by atoms with Gasteiger partial charge in [-0.15, -0.1) is 0 Å². The average Bonchev–Trinajstić information content (AvgIpc) is 2.92. The molecule has 0 saturated carbocycles. The molecule has 5 heteroatoms. The summed E-state index contributed by atoms with van der Waals surface area (Å²) < 4.78 is 14.9. The quantitative estimate of drug-likeness (QED) is 0.845. The Morgan fingerprint density at radius 1 is 1.33 bits per heavy atom. The highest BCUT2D eigenvalue weighted by atomic mass is 16.5. The zero-order valence-electron chi connectivity index (χ0n) is 9.97. The van der Waals surface area contributed by atoms with Gasteiger partial charge in [0.05, 0.1) is 31.6 Å². The van der Waals surface area contributed by atoms with E-state index in [1.54, 1.807) is 12.1 Å². The van der Waals surface area contributed by atoms with Crippen LogP contribution in [0.2, 0.25) is 0 Å². The monoisotopic (exact) mass is 248 g/mol. The fourth-order valence-corrected chi connectivity index (χ4v) is 1.62. The van der Waals surface area contributed by atoms with Crippen LogP contribution in [0.3, 0.4) is 0 Å². The van der Waals surface area contributed by atoms with Gasteiger partial charge in [0.2, 0.25) is 0 Å². The van der Waals surface area contributed by atoms with E-state index < -0.39 is 5.97 Å². The molecule has 2 aromatic rings. The van der Waals surface area contributed by atoms with Crippen LogP contribution >= 0.6 is 0 Å². The van der Waals surface area contributed by atoms with Gasteiger partial charge in [0.1, 0.15) is 5.76 Å². The first-order chi connectivity index (χ1) is 8.67. The number of rotatable bonds is 3. The lowest BCUT2D eigenvalue weighted by Gasteiger charge is -2.09. The van der Waals surface area contributed by atoms with Gasteiger partial charge < -0.3 is 19.0 Å². The molecule has 0 fully saturated rings. The number of phenols is 1. The summed E-state index contributed by atoms with van der Waals surface area (Å²) in [5, 5.41) is 10.0. The second-order valence-electron chi connectivity index (χ2n) is 3.54. The molecule has 94 valence electrons. The van der Waals surface area contributed by atoms with Gasteiger partial charge in [-0.2, -0.15) is 0 Å². The first kappa shape index (κ1) is 12.0. The molecular formula is C13H12O5. The number of esters is 1. The maximum atomic E-state index is 11.5. The third-order valence-corrected chi connectivity index (χ3v) is 2.50. The van der Waals surface area contributed by atoms with Gasteiger partial charge in [0, 0.05) is 0 Å². The number of phenolic OH excluding ortho intramolecular Hbond substituents is 1. The van der Waals surface area contributed by atoms with Crippen molar-refractivity contribution < 1.29 is 23.8 Å². The van der Waals surface area contributed by atoms with Gasteiger partial charge >= 0.3 is 5.97 Å². The standard InChI is InChI=1S/C13H12O5/c1-16-11-7-8(13(15)17-2)6-9(12(11)14)10-4-3-5-18-10/h3-7,14H,1-2H3. The first-order valence-corrected chi connectivity index (χ1v) is 5.20. The van der Waals surface area contributed by atoms with Gasteiger partial charge in [0.25, 0.3) is 0 Å². The Morgan fingerprint density at radius 3 is 2.67 bits per heavy atom. The molecule has 0 radical (unpaired) electrons. The van der Waals surface area contributed by atoms with E-state index in [0.717, 1.165) is 0 Å². The number of ether oxygens (including phenoxy) is 2. The molecule has 0 aliphatic heterocycles. The minimum absolute atomic E-state index is 0.0832. The number of hydrogen-bond acceptors (Lipinski definition) is 5. The lowest BCUT2D eigenvalue weighted by atomic mass is 10.1. The van der Waals surface area contributed by atoms with Crippen LogP contribution in [0.25, 0.3) is 11.3 Å². The normalized spacial score (nSPS) is 10.1. The van der Waals surface area contributed by atoms with Crippen molar-refractivity contribution in [2.45, 2.75) is 0 Å². The fraction of sp³-hybridized carbons (Fsp3) is 0.154. The molecule has 1 heterocycles. The van der Waals surface area contributed by atoms with E-state index in [2.05, 4.69) is 4.74 Å². The number of methoxy groups -OCH3 is 2. The van der Waals surface area contributed by atoms with Crippen LogP contribution in [0.5, 0.6) is 11.5 Å². The van der Waals surface area contributed by atoms with Crippen molar-refractivity contribution in [3.8, 4) is 22.8 Å². The van der Waals surface area contributed by atoms with Crippen LogP contribution in [0.1, 0.15) is 10.4 Å². The van der Waals surface area contributed by atoms with Crippen LogP contribution in [-0.4, -0.2) is 25.3 Å². The van der Waals surface area contributed by atoms with Gasteiger partial charge in [-0.1, -0.05) is 0 Å². The third kappa shape index (κ3) is 2.02. The van der Waals surface area contributed by atoms with Gasteiger partial charge in [0.15, 0.2) is 11.5 Å². The van der Waals surface area contributed by atoms with E-state index in [9.17, 15) is 9.90 Å². The number of aromatic hydroxyl groups is 1. The van der Waals surface area contributed by atoms with Gasteiger partial charge in [-0.05, 0) is 24.3 Å². The molecule has 2 rings (SSSR count). The van der Waals surface area contributed by atoms with Crippen LogP contribution in [0, 0.1) is 0 Å². The molecule has 0 atom stereocenters. The van der Waals surface area contributed by atoms with E-state index in [-0.39, 0.29) is 17.1 Å². The van der Waals surface area contributed by atoms with Gasteiger partial charge in [-0.25, -0.2) is 4.79 Å². The summed E-state index contributed by atoms with van der Waals surface area (Å²) in [4.78, 5) is 11.5. The van der Waals surface area contributed by atoms with E-state index in [1.807, 2.05) is 0 Å². The molecule has 0 aliphatic carbocycles. The molecule has 1 aromatic heterocycles. The Bertz CT molecular complexity index is 557. The fourth-order valence-electron chi connectivity index (χ4n) is 1.62. The highest BCUT2D eigenvalue weighted by Crippen LogP contribution is 2.38. The van der Waals surface area contributed by atoms with Crippen molar-refractivity contribution in [3.63, 3.8) is 0 Å². The second kappa shape index (κ2) is 4.83. The van der Waals surface area contributed by atoms with Gasteiger partial charge in [-0.3, -0.25) is 0 Å². The smallest absolute Gasteiger partial charge is 0.338 e. The topological polar surface area (TPSA) is 68.9 Å². The third-order valence-electron chi connectivity index (χ3n) is 2.50. The molecule has 1 N–H and O–H groups in total. The van der Waals surface area contributed by atoms with Crippen LogP contribution in [-0.2, 0) is 4.74 Å². The van der Waals surface area contributed by atoms with E-state index in [4.69, 9.17) is 9.15 Å². The average molecular weight is 248 g/mol. The SMILES string of the molecule is COC(=O)c1cc(OC)c(O)c(-c2ccco2)c1. The Balaban J connectivity index is 2.61. The number of hydrogen-bond donors (Lipinski definition) is 1. The Kier molecular flexibility index (Phi) is 3.23. The highest BCUT2D eigenvalue weighted by molar-refractivity contribution is 5.92. The van der Waals surface area contributed by atoms with Crippen LogP contribution in [0.4, 0.5) is 0 Å². The number of furan rings is 1. The maximum absolute atomic E-state index is 11.5. The zero-order chi connectivity index (χ0) is 13.1. The van der Waals surface area contributed by atoms with Crippen molar-refractivity contribution >= 4 is 5.97 Å². The van der Waals surface area contributed by atoms with Crippen molar-refractivity contribution in [1.29, 1.82) is 0 Å². The summed E-state index contributed by atoms with van der Waals surface area (Å²) in [5.74, 6) is 0.0297. The Morgan fingerprint density at radius 2 is 2.11 bits per heavy atom. The largest absolute Gasteiger partial charge is 0.504 e. The molecule has 0 amide bonds. The summed E-state index contributed by atoms with van der Waals surface area (Å²) in [6.07, 6.45) is 1.48. The maximum Gasteiger partial charge on any atom is 0.338 e. The predicted octanol–water partition coefficient (Wildman–Crippen LogP) is 2.45. The molecule has 0 spiro atoms. The summed E-state index contributed by atoms with van der Waals surface area (Å²) >= 11 is 0. The number of carbonyl (C=O) groups is 1. The molecule has 18 heavy (non-hydrogen) atoms. The summed E-state index contributed by atoms with van der Waals surface area (Å²) in [7, 11) is 2.69. The lowest BCUT2D eigenvalue weighted by Crippen LogP contribution is -2.02. The summed E-state index contributed by atoms with van der Waals surface area (Å²) in [6.45, 7) is 0. The number of carbonyl (C=O) groups excluding carboxylic acids is 1. The molecule has 1 aromatic carbocycles. The molecular weight excluding hydrogens is 236 g/mol. The molecule has 0 bridgehead atoms. The first-order valence-electron chi connectivity index (χ1n) is 5.20. The molecule has 0 saturated heterocycles. The minimum Gasteiger partial charge on any atom is -0.504 e. The minimum atomic E-state index is -0.513. The van der Waals surface area contributed by atoms with E-state index in [0.29, 0.717) is 11.3 Å². The summed E-state index contributed by atoms with van der Waals surface area (Å²) in [5.41, 5.74) is 0.651. The van der Waals surface area contributed by atoms with Crippen molar-refractivity contribution in [3.05, 3.63) is 36.1 Å². The van der Waals surface area contributed by atoms with Crippen molar-refractivity contribution in [2.75, 3.05) is 14.2 Å². The Hall–Kier alpha value is -2.43. The number of benzene rings is 1. The lowest BCUT2D eigenvalue weighted by molar-refractivity contribution is 0.0600. The zero-order valence-corrected chi connectivity index (χ0v) is 9.97. The molecule has 5 nitrogen and oxygen atoms in total. The van der Waals surface area contributed by atoms with Crippen LogP contribution < -0.4 is 4.74 Å². The second-order valence-corrected chi connectivity index (χ2v) is 3.54. The van der Waals surface area contributed by atoms with Crippen molar-refractivity contribution in [1.82, 2.24) is 0 Å². The predicted molar refractivity (Wildman–Crippen MR) is 63.7 cm³/mol. The van der Waals surface area contributed by atoms with Crippen LogP contribution in [0.15, 0.2) is 34.9 Å². The highest BCUT2D eigenvalue weighted by Gasteiger charge is 2.17. The van der Waals surface area contributed by atoms with E-state index >= 15 is 0 Å². The van der Waals surface area contributed by atoms with Crippen molar-refractivity contribution in [2.24, 2.45) is 0 Å².